The molecule has 1 aliphatic heterocycles. The predicted octanol–water partition coefficient (Wildman–Crippen LogP) is 3.71. The molecule has 0 bridgehead atoms. The van der Waals surface area contributed by atoms with Crippen LogP contribution >= 0.6 is 12.6 Å². The van der Waals surface area contributed by atoms with Crippen molar-refractivity contribution in [3.05, 3.63) is 54.6 Å². The number of hydrogen-bond donors (Lipinski definition) is 2. The lowest BCUT2D eigenvalue weighted by Crippen LogP contribution is -2.29. The monoisotopic (exact) mass is 504 g/mol. The first-order chi connectivity index (χ1) is 16.2. The summed E-state index contributed by atoms with van der Waals surface area (Å²) in [6.45, 7) is 2.95. The number of nitrogens with zero attached hydrogens (tertiary/aromatic N) is 1. The van der Waals surface area contributed by atoms with Gasteiger partial charge in [0.1, 0.15) is 11.5 Å². The Balaban J connectivity index is 1.48. The Morgan fingerprint density at radius 3 is 2.35 bits per heavy atom. The molecule has 9 heteroatoms. The van der Waals surface area contributed by atoms with Crippen LogP contribution in [0.5, 0.6) is 11.5 Å². The number of ether oxygens (including phenoxy) is 1. The number of rotatable bonds is 11. The Morgan fingerprint density at radius 2 is 1.68 bits per heavy atom. The molecule has 1 N–H and O–H groups in total. The molecule has 1 heterocycles. The number of sulfone groups is 1. The van der Waals surface area contributed by atoms with Crippen LogP contribution in [0, 0.1) is 5.92 Å². The summed E-state index contributed by atoms with van der Waals surface area (Å²) in [6.07, 6.45) is 2.85. The quantitative estimate of drug-likeness (QED) is 0.360. The Morgan fingerprint density at radius 1 is 1.00 bits per heavy atom. The summed E-state index contributed by atoms with van der Waals surface area (Å²) in [5.41, 5.74) is 0. The molecule has 2 aromatic rings. The largest absolute Gasteiger partial charge is 0.457 e. The second-order valence-corrected chi connectivity index (χ2v) is 11.3. The molecular formula is C25H32N2O5S2. The average molecular weight is 505 g/mol. The van der Waals surface area contributed by atoms with E-state index in [1.54, 1.807) is 29.2 Å². The normalized spacial score (nSPS) is 18.0. The van der Waals surface area contributed by atoms with Crippen LogP contribution in [0.1, 0.15) is 32.6 Å². The molecule has 0 aliphatic carbocycles. The highest BCUT2D eigenvalue weighted by Gasteiger charge is 2.36. The first-order valence-electron chi connectivity index (χ1n) is 11.5. The van der Waals surface area contributed by atoms with Gasteiger partial charge >= 0.3 is 0 Å². The van der Waals surface area contributed by atoms with Crippen LogP contribution in [0.2, 0.25) is 0 Å². The highest BCUT2D eigenvalue weighted by Crippen LogP contribution is 2.28. The fourth-order valence-corrected chi connectivity index (χ4v) is 6.12. The zero-order chi connectivity index (χ0) is 24.6. The van der Waals surface area contributed by atoms with Gasteiger partial charge in [0.2, 0.25) is 11.8 Å². The van der Waals surface area contributed by atoms with Crippen molar-refractivity contribution in [1.82, 2.24) is 10.2 Å². The second kappa shape index (κ2) is 12.3. The third-order valence-corrected chi connectivity index (χ3v) is 8.24. The average Bonchev–Trinajstić information content (AvgIpc) is 3.16. The van der Waals surface area contributed by atoms with E-state index < -0.39 is 9.84 Å². The van der Waals surface area contributed by atoms with Gasteiger partial charge in [-0.05, 0) is 49.2 Å². The number of benzene rings is 2. The predicted molar refractivity (Wildman–Crippen MR) is 135 cm³/mol. The molecule has 184 valence electrons. The van der Waals surface area contributed by atoms with Crippen LogP contribution in [0.3, 0.4) is 0 Å². The smallest absolute Gasteiger partial charge is 0.222 e. The number of thiol groups is 1. The van der Waals surface area contributed by atoms with Crippen molar-refractivity contribution in [3.63, 3.8) is 0 Å². The lowest BCUT2D eigenvalue weighted by molar-refractivity contribution is -0.130. The summed E-state index contributed by atoms with van der Waals surface area (Å²) >= 11 is 4.58. The molecule has 34 heavy (non-hydrogen) atoms. The maximum Gasteiger partial charge on any atom is 0.222 e. The van der Waals surface area contributed by atoms with Gasteiger partial charge in [0.15, 0.2) is 9.84 Å². The number of amides is 2. The summed E-state index contributed by atoms with van der Waals surface area (Å²) in [5.74, 6) is 0.940. The van der Waals surface area contributed by atoms with Crippen molar-refractivity contribution >= 4 is 34.3 Å². The van der Waals surface area contributed by atoms with Gasteiger partial charge in [-0.25, -0.2) is 8.42 Å². The van der Waals surface area contributed by atoms with Crippen molar-refractivity contribution in [2.45, 2.75) is 42.8 Å². The summed E-state index contributed by atoms with van der Waals surface area (Å²) in [5, 5.41) is 2.56. The minimum Gasteiger partial charge on any atom is -0.457 e. The summed E-state index contributed by atoms with van der Waals surface area (Å²) < 4.78 is 31.7. The fourth-order valence-electron chi connectivity index (χ4n) is 3.94. The molecule has 3 rings (SSSR count). The lowest BCUT2D eigenvalue weighted by atomic mass is 10.1. The van der Waals surface area contributed by atoms with Gasteiger partial charge in [-0.15, -0.1) is 0 Å². The van der Waals surface area contributed by atoms with Crippen LogP contribution in [0.25, 0.3) is 0 Å². The minimum absolute atomic E-state index is 0.0286. The molecule has 1 aliphatic rings. The molecule has 7 nitrogen and oxygen atoms in total. The molecule has 0 aromatic heterocycles. The highest BCUT2D eigenvalue weighted by molar-refractivity contribution is 7.91. The van der Waals surface area contributed by atoms with E-state index in [4.69, 9.17) is 4.74 Å². The van der Waals surface area contributed by atoms with Crippen LogP contribution < -0.4 is 10.1 Å². The van der Waals surface area contributed by atoms with Gasteiger partial charge < -0.3 is 15.0 Å². The lowest BCUT2D eigenvalue weighted by Gasteiger charge is -2.16. The van der Waals surface area contributed by atoms with Gasteiger partial charge in [-0.1, -0.05) is 24.6 Å². The number of carbonyl (C=O) groups excluding carboxylic acids is 2. The number of carbonyl (C=O) groups is 2. The summed E-state index contributed by atoms with van der Waals surface area (Å²) in [7, 11) is -3.53. The number of nitrogens with one attached hydrogen (secondary N) is 1. The molecule has 2 amide bonds. The summed E-state index contributed by atoms with van der Waals surface area (Å²) in [6, 6.07) is 15.7. The maximum atomic E-state index is 13.0. The molecule has 1 fully saturated rings. The molecule has 0 unspecified atom stereocenters. The van der Waals surface area contributed by atoms with Crippen molar-refractivity contribution in [2.75, 3.05) is 25.4 Å². The van der Waals surface area contributed by atoms with Crippen molar-refractivity contribution < 1.29 is 22.7 Å². The third kappa shape index (κ3) is 7.77. The minimum atomic E-state index is -3.53. The molecule has 0 saturated carbocycles. The van der Waals surface area contributed by atoms with Gasteiger partial charge in [-0.2, -0.15) is 12.6 Å². The number of para-hydroxylation sites is 1. The standard InChI is InChI=1S/C25H32N2O5S2/c1-19(28)26-15-7-3-6-10-25(29)27-16-20(24(33)17-27)18-34(30,31)23-13-11-22(12-14-23)32-21-8-4-2-5-9-21/h2,4-5,8-9,11-14,20,24,33H,3,6-7,10,15-18H2,1H3,(H,26,28)/t20-,24+/m1/s1. The van der Waals surface area contributed by atoms with Gasteiger partial charge in [-0.3, -0.25) is 9.59 Å². The van der Waals surface area contributed by atoms with Crippen molar-refractivity contribution in [3.8, 4) is 11.5 Å². The highest BCUT2D eigenvalue weighted by atomic mass is 32.2. The van der Waals surface area contributed by atoms with Crippen LogP contribution in [0.4, 0.5) is 0 Å². The van der Waals surface area contributed by atoms with Crippen LogP contribution in [0.15, 0.2) is 59.5 Å². The summed E-state index contributed by atoms with van der Waals surface area (Å²) in [4.78, 5) is 25.4. The van der Waals surface area contributed by atoms with Crippen LogP contribution in [-0.2, 0) is 19.4 Å². The Hall–Kier alpha value is -2.52. The molecule has 0 spiro atoms. The molecule has 0 radical (unpaired) electrons. The van der Waals surface area contributed by atoms with E-state index in [0.29, 0.717) is 37.6 Å². The molecule has 1 saturated heterocycles. The van der Waals surface area contributed by atoms with E-state index in [2.05, 4.69) is 17.9 Å². The van der Waals surface area contributed by atoms with Crippen molar-refractivity contribution in [2.24, 2.45) is 5.92 Å². The zero-order valence-corrected chi connectivity index (χ0v) is 21.1. The van der Waals surface area contributed by atoms with Gasteiger partial charge in [0.25, 0.3) is 0 Å². The Bertz CT molecular complexity index is 1060. The number of hydrogen-bond acceptors (Lipinski definition) is 6. The van der Waals surface area contributed by atoms with Gasteiger partial charge in [0.05, 0.1) is 10.6 Å². The van der Waals surface area contributed by atoms with E-state index in [9.17, 15) is 18.0 Å². The van der Waals surface area contributed by atoms with Gasteiger partial charge in [0, 0.05) is 44.1 Å². The third-order valence-electron chi connectivity index (χ3n) is 5.80. The van der Waals surface area contributed by atoms with E-state index >= 15 is 0 Å². The van der Waals surface area contributed by atoms with E-state index in [1.165, 1.54) is 6.92 Å². The molecule has 2 atom stereocenters. The van der Waals surface area contributed by atoms with E-state index in [1.807, 2.05) is 30.3 Å². The van der Waals surface area contributed by atoms with E-state index in [-0.39, 0.29) is 33.6 Å². The van der Waals surface area contributed by atoms with Crippen LogP contribution in [-0.4, -0.2) is 55.8 Å². The zero-order valence-electron chi connectivity index (χ0n) is 19.4. The van der Waals surface area contributed by atoms with E-state index in [0.717, 1.165) is 19.3 Å². The number of likely N-dealkylation sites (tertiary alicyclic amines) is 1. The first-order valence-corrected chi connectivity index (χ1v) is 13.7. The maximum absolute atomic E-state index is 13.0. The molecular weight excluding hydrogens is 472 g/mol. The fraction of sp³-hybridized carbons (Fsp3) is 0.440. The first kappa shape index (κ1) is 26.1. The topological polar surface area (TPSA) is 92.8 Å². The second-order valence-electron chi connectivity index (χ2n) is 8.59. The Kier molecular flexibility index (Phi) is 9.41. The number of unbranched alkanes of at least 4 members (excludes halogenated alkanes) is 2. The SMILES string of the molecule is CC(=O)NCCCCCC(=O)N1C[C@H](CS(=O)(=O)c2ccc(Oc3ccccc3)cc2)[C@@H](S)C1. The Labute approximate surface area is 207 Å². The van der Waals surface area contributed by atoms with Crippen molar-refractivity contribution in [1.29, 1.82) is 0 Å². The molecule has 2 aromatic carbocycles.